The van der Waals surface area contributed by atoms with Gasteiger partial charge in [-0.3, -0.25) is 4.79 Å². The third-order valence-electron chi connectivity index (χ3n) is 5.06. The van der Waals surface area contributed by atoms with Crippen LogP contribution in [-0.2, 0) is 28.7 Å². The fourth-order valence-electron chi connectivity index (χ4n) is 3.75. The quantitative estimate of drug-likeness (QED) is 0.588. The lowest BCUT2D eigenvalue weighted by molar-refractivity contribution is -0.153. The molecule has 2 aliphatic heterocycles. The SMILES string of the molecule is CC[C@H]1[C@H](O)C2=C(CC3C(=O)OC(=O)/C3=C/[C@H]1CC)C(=O)OC2=O. The molecule has 1 aliphatic carbocycles. The normalized spacial score (nSPS) is 35.4. The molecule has 1 N–H and O–H groups in total. The van der Waals surface area contributed by atoms with E-state index in [-0.39, 0.29) is 35.0 Å². The van der Waals surface area contributed by atoms with Crippen LogP contribution in [0, 0.1) is 17.8 Å². The number of aliphatic hydroxyl groups is 1. The standard InChI is InChI=1S/C17H18O7/c1-3-7-5-9-10(15(20)23-14(9)19)6-11-12(13(18)8(7)4-2)17(22)24-16(11)21/h5,7-8,10,13,18H,3-4,6H2,1-2H3/b9-5+/t7-,8-,10?,13+/m1/s1. The van der Waals surface area contributed by atoms with Crippen LogP contribution in [0.4, 0.5) is 0 Å². The van der Waals surface area contributed by atoms with Crippen molar-refractivity contribution in [3.63, 3.8) is 0 Å². The highest BCUT2D eigenvalue weighted by Crippen LogP contribution is 2.40. The zero-order valence-corrected chi connectivity index (χ0v) is 13.4. The second-order valence-electron chi connectivity index (χ2n) is 6.25. The molecule has 24 heavy (non-hydrogen) atoms. The van der Waals surface area contributed by atoms with Gasteiger partial charge < -0.3 is 14.6 Å². The van der Waals surface area contributed by atoms with E-state index >= 15 is 0 Å². The van der Waals surface area contributed by atoms with Gasteiger partial charge in [-0.05, 0) is 31.1 Å². The summed E-state index contributed by atoms with van der Waals surface area (Å²) in [5.74, 6) is -4.79. The Balaban J connectivity index is 2.19. The molecule has 7 heteroatoms. The topological polar surface area (TPSA) is 107 Å². The number of carbonyl (C=O) groups excluding carboxylic acids is 4. The van der Waals surface area contributed by atoms with Gasteiger partial charge in [-0.1, -0.05) is 19.9 Å². The van der Waals surface area contributed by atoms with Crippen LogP contribution in [0.2, 0.25) is 0 Å². The Morgan fingerprint density at radius 2 is 1.75 bits per heavy atom. The Kier molecular flexibility index (Phi) is 4.13. The molecule has 0 radical (unpaired) electrons. The lowest BCUT2D eigenvalue weighted by atomic mass is 9.80. The first kappa shape index (κ1) is 16.6. The molecule has 3 aliphatic rings. The first-order valence-electron chi connectivity index (χ1n) is 8.04. The maximum Gasteiger partial charge on any atom is 0.345 e. The fraction of sp³-hybridized carbons (Fsp3) is 0.529. The van der Waals surface area contributed by atoms with Crippen molar-refractivity contribution in [3.05, 3.63) is 22.8 Å². The van der Waals surface area contributed by atoms with E-state index in [2.05, 4.69) is 4.74 Å². The van der Waals surface area contributed by atoms with Gasteiger partial charge in [-0.25, -0.2) is 14.4 Å². The van der Waals surface area contributed by atoms with Gasteiger partial charge in [0, 0.05) is 5.57 Å². The molecule has 0 aromatic carbocycles. The molecule has 0 bridgehead atoms. The highest BCUT2D eigenvalue weighted by molar-refractivity contribution is 6.14. The van der Waals surface area contributed by atoms with E-state index in [0.717, 1.165) is 0 Å². The van der Waals surface area contributed by atoms with Gasteiger partial charge in [0.15, 0.2) is 0 Å². The molecule has 7 nitrogen and oxygen atoms in total. The molecule has 1 unspecified atom stereocenters. The van der Waals surface area contributed by atoms with E-state index in [0.29, 0.717) is 12.8 Å². The van der Waals surface area contributed by atoms with E-state index in [1.807, 2.05) is 13.8 Å². The molecule has 4 atom stereocenters. The van der Waals surface area contributed by atoms with Gasteiger partial charge >= 0.3 is 23.9 Å². The number of esters is 4. The molecule has 2 heterocycles. The van der Waals surface area contributed by atoms with E-state index < -0.39 is 35.9 Å². The molecular weight excluding hydrogens is 316 g/mol. The maximum atomic E-state index is 12.0. The van der Waals surface area contributed by atoms with Crippen LogP contribution >= 0.6 is 0 Å². The average Bonchev–Trinajstić information content (AvgIpc) is 2.97. The Bertz CT molecular complexity index is 700. The van der Waals surface area contributed by atoms with E-state index in [4.69, 9.17) is 4.74 Å². The van der Waals surface area contributed by atoms with Crippen LogP contribution in [0.1, 0.15) is 33.1 Å². The minimum absolute atomic E-state index is 0.0368. The van der Waals surface area contributed by atoms with Crippen LogP contribution in [-0.4, -0.2) is 35.1 Å². The van der Waals surface area contributed by atoms with Crippen LogP contribution in [0.3, 0.4) is 0 Å². The summed E-state index contributed by atoms with van der Waals surface area (Å²) in [6.07, 6.45) is 1.41. The molecule has 0 aromatic heterocycles. The number of hydrogen-bond acceptors (Lipinski definition) is 7. The Hall–Kier alpha value is -2.28. The number of rotatable bonds is 2. The molecule has 0 amide bonds. The number of ether oxygens (including phenoxy) is 2. The van der Waals surface area contributed by atoms with Crippen LogP contribution in [0.5, 0.6) is 0 Å². The van der Waals surface area contributed by atoms with Crippen molar-refractivity contribution in [2.45, 2.75) is 39.2 Å². The summed E-state index contributed by atoms with van der Waals surface area (Å²) >= 11 is 0. The lowest BCUT2D eigenvalue weighted by Gasteiger charge is -2.27. The predicted molar refractivity (Wildman–Crippen MR) is 79.0 cm³/mol. The van der Waals surface area contributed by atoms with Gasteiger partial charge in [0.25, 0.3) is 0 Å². The van der Waals surface area contributed by atoms with Gasteiger partial charge in [-0.2, -0.15) is 0 Å². The Labute approximate surface area is 138 Å². The molecular formula is C17H18O7. The molecule has 0 spiro atoms. The maximum absolute atomic E-state index is 12.0. The summed E-state index contributed by atoms with van der Waals surface area (Å²) in [7, 11) is 0. The Morgan fingerprint density at radius 1 is 1.04 bits per heavy atom. The van der Waals surface area contributed by atoms with E-state index in [1.54, 1.807) is 6.08 Å². The van der Waals surface area contributed by atoms with Gasteiger partial charge in [-0.15, -0.1) is 0 Å². The zero-order chi connectivity index (χ0) is 17.6. The van der Waals surface area contributed by atoms with Gasteiger partial charge in [0.1, 0.15) is 0 Å². The van der Waals surface area contributed by atoms with Crippen molar-refractivity contribution < 1.29 is 33.8 Å². The van der Waals surface area contributed by atoms with Crippen molar-refractivity contribution in [2.75, 3.05) is 0 Å². The Morgan fingerprint density at radius 3 is 2.38 bits per heavy atom. The predicted octanol–water partition coefficient (Wildman–Crippen LogP) is 0.809. The summed E-state index contributed by atoms with van der Waals surface area (Å²) in [5.41, 5.74) is 0.0655. The highest BCUT2D eigenvalue weighted by Gasteiger charge is 2.48. The molecule has 1 saturated heterocycles. The smallest absolute Gasteiger partial charge is 0.345 e. The number of fused-ring (bicyclic) bond motifs is 1. The van der Waals surface area contributed by atoms with Crippen molar-refractivity contribution in [2.24, 2.45) is 17.8 Å². The summed E-state index contributed by atoms with van der Waals surface area (Å²) in [6, 6.07) is 0. The summed E-state index contributed by atoms with van der Waals surface area (Å²) in [5, 5.41) is 10.7. The molecule has 1 fully saturated rings. The largest absolute Gasteiger partial charge is 0.389 e. The fourth-order valence-corrected chi connectivity index (χ4v) is 3.75. The molecule has 3 rings (SSSR count). The van der Waals surface area contributed by atoms with Crippen LogP contribution < -0.4 is 0 Å². The van der Waals surface area contributed by atoms with E-state index in [1.165, 1.54) is 0 Å². The van der Waals surface area contributed by atoms with Crippen molar-refractivity contribution in [1.29, 1.82) is 0 Å². The second-order valence-corrected chi connectivity index (χ2v) is 6.25. The van der Waals surface area contributed by atoms with Crippen LogP contribution in [0.15, 0.2) is 22.8 Å². The summed E-state index contributed by atoms with van der Waals surface area (Å²) in [6.45, 7) is 3.74. The minimum atomic E-state index is -1.18. The third-order valence-corrected chi connectivity index (χ3v) is 5.06. The van der Waals surface area contributed by atoms with Gasteiger partial charge in [0.2, 0.25) is 0 Å². The van der Waals surface area contributed by atoms with Crippen molar-refractivity contribution in [3.8, 4) is 0 Å². The minimum Gasteiger partial charge on any atom is -0.389 e. The molecule has 0 saturated carbocycles. The third kappa shape index (κ3) is 2.39. The summed E-state index contributed by atoms with van der Waals surface area (Å²) < 4.78 is 9.33. The van der Waals surface area contributed by atoms with Crippen molar-refractivity contribution in [1.82, 2.24) is 0 Å². The van der Waals surface area contributed by atoms with E-state index in [9.17, 15) is 24.3 Å². The number of cyclic esters (lactones) is 4. The number of aliphatic hydroxyl groups excluding tert-OH is 1. The van der Waals surface area contributed by atoms with Gasteiger partial charge in [0.05, 0.1) is 23.2 Å². The highest BCUT2D eigenvalue weighted by atomic mass is 16.6. The monoisotopic (exact) mass is 334 g/mol. The lowest BCUT2D eigenvalue weighted by Crippen LogP contribution is -2.31. The van der Waals surface area contributed by atoms with Crippen molar-refractivity contribution >= 4 is 23.9 Å². The number of allylic oxidation sites excluding steroid dienone is 1. The van der Waals surface area contributed by atoms with Crippen LogP contribution in [0.25, 0.3) is 0 Å². The molecule has 128 valence electrons. The summed E-state index contributed by atoms with van der Waals surface area (Å²) in [4.78, 5) is 48.0. The number of carbonyl (C=O) groups is 4. The average molecular weight is 334 g/mol. The second kappa shape index (κ2) is 5.98. The zero-order valence-electron chi connectivity index (χ0n) is 13.4. The first-order valence-corrected chi connectivity index (χ1v) is 8.04. The molecule has 0 aromatic rings. The number of hydrogen-bond donors (Lipinski definition) is 1. The first-order chi connectivity index (χ1) is 11.4.